The molecule has 1 aromatic carbocycles. The van der Waals surface area contributed by atoms with Crippen molar-refractivity contribution < 1.29 is 9.32 Å². The fourth-order valence-corrected chi connectivity index (χ4v) is 2.69. The molecule has 0 unspecified atom stereocenters. The van der Waals surface area contributed by atoms with Crippen LogP contribution in [0.15, 0.2) is 28.8 Å². The molecular weight excluding hydrogens is 292 g/mol. The first kappa shape index (κ1) is 15.3. The van der Waals surface area contributed by atoms with E-state index in [0.717, 1.165) is 22.4 Å². The molecule has 0 saturated carbocycles. The Morgan fingerprint density at radius 1 is 1.35 bits per heavy atom. The summed E-state index contributed by atoms with van der Waals surface area (Å²) in [4.78, 5) is 16.8. The van der Waals surface area contributed by atoms with Crippen LogP contribution in [0.4, 0.5) is 5.82 Å². The highest BCUT2D eigenvalue weighted by atomic mass is 16.5. The molecule has 0 radical (unpaired) electrons. The van der Waals surface area contributed by atoms with E-state index in [1.165, 1.54) is 0 Å². The van der Waals surface area contributed by atoms with Gasteiger partial charge in [-0.3, -0.25) is 4.79 Å². The van der Waals surface area contributed by atoms with E-state index in [9.17, 15) is 4.79 Å². The van der Waals surface area contributed by atoms with Crippen molar-refractivity contribution in [3.8, 4) is 0 Å². The zero-order chi connectivity index (χ0) is 16.6. The Morgan fingerprint density at radius 2 is 2.13 bits per heavy atom. The summed E-state index contributed by atoms with van der Waals surface area (Å²) in [7, 11) is 2.02. The van der Waals surface area contributed by atoms with Crippen LogP contribution >= 0.6 is 0 Å². The van der Waals surface area contributed by atoms with E-state index >= 15 is 0 Å². The summed E-state index contributed by atoms with van der Waals surface area (Å²) in [5, 5.41) is 6.48. The van der Waals surface area contributed by atoms with Crippen molar-refractivity contribution in [2.45, 2.75) is 33.1 Å². The smallest absolute Gasteiger partial charge is 0.230 e. The number of nitrogens with zero attached hydrogens (tertiary/aromatic N) is 3. The Balaban J connectivity index is 1.79. The van der Waals surface area contributed by atoms with Gasteiger partial charge < -0.3 is 14.4 Å². The molecule has 0 atom stereocenters. The molecule has 3 rings (SSSR count). The highest BCUT2D eigenvalue weighted by Crippen LogP contribution is 2.22. The molecule has 2 aromatic heterocycles. The number of hydrogen-bond acceptors (Lipinski definition) is 4. The second-order valence-electron chi connectivity index (χ2n) is 6.05. The van der Waals surface area contributed by atoms with Crippen LogP contribution in [0.3, 0.4) is 0 Å². The van der Waals surface area contributed by atoms with Gasteiger partial charge in [0.15, 0.2) is 5.82 Å². The number of imidazole rings is 1. The monoisotopic (exact) mass is 312 g/mol. The lowest BCUT2D eigenvalue weighted by Gasteiger charge is -2.04. The molecule has 0 aliphatic rings. The number of aryl methyl sites for hydroxylation is 2. The van der Waals surface area contributed by atoms with Crippen LogP contribution < -0.4 is 5.32 Å². The molecule has 0 saturated heterocycles. The molecule has 6 nitrogen and oxygen atoms in total. The van der Waals surface area contributed by atoms with Gasteiger partial charge in [-0.25, -0.2) is 4.98 Å². The molecule has 3 aromatic rings. The lowest BCUT2D eigenvalue weighted by Crippen LogP contribution is -2.14. The standard InChI is InChI=1S/C17H20N4O2/c1-10(2)17-18-13-8-12(5-6-14(13)21(17)4)9-16(22)19-15-7-11(3)23-20-15/h5-8,10H,9H2,1-4H3,(H,19,20,22). The first-order valence-corrected chi connectivity index (χ1v) is 7.62. The Morgan fingerprint density at radius 3 is 2.78 bits per heavy atom. The molecule has 0 spiro atoms. The van der Waals surface area contributed by atoms with Crippen LogP contribution in [0.25, 0.3) is 11.0 Å². The Kier molecular flexibility index (Phi) is 3.90. The average Bonchev–Trinajstić information content (AvgIpc) is 3.02. The predicted octanol–water partition coefficient (Wildman–Crippen LogP) is 3.17. The maximum atomic E-state index is 12.1. The third-order valence-corrected chi connectivity index (χ3v) is 3.76. The first-order valence-electron chi connectivity index (χ1n) is 7.62. The van der Waals surface area contributed by atoms with Gasteiger partial charge in [-0.05, 0) is 24.6 Å². The van der Waals surface area contributed by atoms with Gasteiger partial charge in [0.25, 0.3) is 0 Å². The number of carbonyl (C=O) groups is 1. The van der Waals surface area contributed by atoms with Crippen molar-refractivity contribution in [3.63, 3.8) is 0 Å². The summed E-state index contributed by atoms with van der Waals surface area (Å²) in [5.74, 6) is 2.37. The number of carbonyl (C=O) groups excluding carboxylic acids is 1. The summed E-state index contributed by atoms with van der Waals surface area (Å²) in [6.45, 7) is 6.02. The average molecular weight is 312 g/mol. The highest BCUT2D eigenvalue weighted by Gasteiger charge is 2.13. The van der Waals surface area contributed by atoms with Gasteiger partial charge in [0.05, 0.1) is 17.5 Å². The van der Waals surface area contributed by atoms with Crippen LogP contribution in [0.2, 0.25) is 0 Å². The lowest BCUT2D eigenvalue weighted by molar-refractivity contribution is -0.115. The number of hydrogen-bond donors (Lipinski definition) is 1. The molecule has 1 amide bonds. The molecule has 0 aliphatic carbocycles. The lowest BCUT2D eigenvalue weighted by atomic mass is 10.1. The third kappa shape index (κ3) is 3.11. The molecule has 1 N–H and O–H groups in total. The molecule has 0 bridgehead atoms. The van der Waals surface area contributed by atoms with Crippen molar-refractivity contribution >= 4 is 22.8 Å². The van der Waals surface area contributed by atoms with Crippen molar-refractivity contribution in [1.82, 2.24) is 14.7 Å². The van der Waals surface area contributed by atoms with E-state index in [0.29, 0.717) is 17.5 Å². The minimum absolute atomic E-state index is 0.127. The molecule has 0 aliphatic heterocycles. The van der Waals surface area contributed by atoms with Gasteiger partial charge in [0, 0.05) is 19.0 Å². The summed E-state index contributed by atoms with van der Waals surface area (Å²) >= 11 is 0. The second-order valence-corrected chi connectivity index (χ2v) is 6.05. The third-order valence-electron chi connectivity index (χ3n) is 3.76. The van der Waals surface area contributed by atoms with Crippen LogP contribution in [0.1, 0.15) is 36.9 Å². The summed E-state index contributed by atoms with van der Waals surface area (Å²) < 4.78 is 7.03. The molecule has 2 heterocycles. The maximum absolute atomic E-state index is 12.1. The molecular formula is C17H20N4O2. The van der Waals surface area contributed by atoms with E-state index in [1.54, 1.807) is 13.0 Å². The fraction of sp³-hybridized carbons (Fsp3) is 0.353. The zero-order valence-electron chi connectivity index (χ0n) is 13.8. The number of amides is 1. The summed E-state index contributed by atoms with van der Waals surface area (Å²) in [6, 6.07) is 7.63. The quantitative estimate of drug-likeness (QED) is 0.803. The van der Waals surface area contributed by atoms with E-state index in [2.05, 4.69) is 33.9 Å². The van der Waals surface area contributed by atoms with Crippen molar-refractivity contribution in [1.29, 1.82) is 0 Å². The second kappa shape index (κ2) is 5.87. The topological polar surface area (TPSA) is 73.0 Å². The number of fused-ring (bicyclic) bond motifs is 1. The van der Waals surface area contributed by atoms with Gasteiger partial charge in [-0.15, -0.1) is 0 Å². The van der Waals surface area contributed by atoms with Crippen molar-refractivity contribution in [2.24, 2.45) is 7.05 Å². The molecule has 23 heavy (non-hydrogen) atoms. The first-order chi connectivity index (χ1) is 10.9. The van der Waals surface area contributed by atoms with Crippen LogP contribution in [-0.2, 0) is 18.3 Å². The zero-order valence-corrected chi connectivity index (χ0v) is 13.8. The number of aromatic nitrogens is 3. The maximum Gasteiger partial charge on any atom is 0.230 e. The Labute approximate surface area is 134 Å². The minimum Gasteiger partial charge on any atom is -0.360 e. The number of rotatable bonds is 4. The van der Waals surface area contributed by atoms with Gasteiger partial charge in [-0.1, -0.05) is 25.1 Å². The van der Waals surface area contributed by atoms with Gasteiger partial charge in [0.1, 0.15) is 11.6 Å². The fourth-order valence-electron chi connectivity index (χ4n) is 2.69. The minimum atomic E-state index is -0.127. The normalized spacial score (nSPS) is 11.3. The van der Waals surface area contributed by atoms with Gasteiger partial charge in [-0.2, -0.15) is 0 Å². The molecule has 120 valence electrons. The van der Waals surface area contributed by atoms with E-state index < -0.39 is 0 Å². The molecule has 6 heteroatoms. The number of anilines is 1. The van der Waals surface area contributed by atoms with Crippen LogP contribution in [0, 0.1) is 6.92 Å². The van der Waals surface area contributed by atoms with Crippen molar-refractivity contribution in [3.05, 3.63) is 41.4 Å². The highest BCUT2D eigenvalue weighted by molar-refractivity contribution is 5.92. The Hall–Kier alpha value is -2.63. The number of nitrogens with one attached hydrogen (secondary N) is 1. The van der Waals surface area contributed by atoms with E-state index in [1.807, 2.05) is 25.2 Å². The summed E-state index contributed by atoms with van der Waals surface area (Å²) in [6.07, 6.45) is 0.273. The van der Waals surface area contributed by atoms with Gasteiger partial charge >= 0.3 is 0 Å². The van der Waals surface area contributed by atoms with Crippen LogP contribution in [-0.4, -0.2) is 20.6 Å². The van der Waals surface area contributed by atoms with Gasteiger partial charge in [0.2, 0.25) is 5.91 Å². The van der Waals surface area contributed by atoms with Crippen LogP contribution in [0.5, 0.6) is 0 Å². The SMILES string of the molecule is Cc1cc(NC(=O)Cc2ccc3c(c2)nc(C(C)C)n3C)no1. The largest absolute Gasteiger partial charge is 0.360 e. The Bertz CT molecular complexity index is 861. The van der Waals surface area contributed by atoms with E-state index in [-0.39, 0.29) is 12.3 Å². The number of benzene rings is 1. The van der Waals surface area contributed by atoms with E-state index in [4.69, 9.17) is 4.52 Å². The predicted molar refractivity (Wildman–Crippen MR) is 88.4 cm³/mol. The molecule has 0 fully saturated rings. The summed E-state index contributed by atoms with van der Waals surface area (Å²) in [5.41, 5.74) is 2.91. The van der Waals surface area contributed by atoms with Crippen molar-refractivity contribution in [2.75, 3.05) is 5.32 Å².